The van der Waals surface area contributed by atoms with Crippen LogP contribution in [0.4, 0.5) is 5.82 Å². The van der Waals surface area contributed by atoms with E-state index in [1.807, 2.05) is 0 Å². The fraction of sp³-hybridized carbons (Fsp3) is 0.393. The van der Waals surface area contributed by atoms with E-state index in [2.05, 4.69) is 10.3 Å². The largest absolute Gasteiger partial charge is 0.493 e. The second-order valence-corrected chi connectivity index (χ2v) is 11.6. The molecule has 3 N–H and O–H groups in total. The molecule has 0 spiro atoms. The van der Waals surface area contributed by atoms with Gasteiger partial charge in [0.15, 0.2) is 11.5 Å². The normalized spacial score (nSPS) is 19.4. The molecule has 45 heavy (non-hydrogen) atoms. The maximum atomic E-state index is 13.2. The van der Waals surface area contributed by atoms with Gasteiger partial charge in [0.2, 0.25) is 5.75 Å². The molecule has 1 aliphatic heterocycles. The number of hydrogen-bond acceptors (Lipinski definition) is 13. The lowest BCUT2D eigenvalue weighted by atomic mass is 10.1. The molecule has 17 heteroatoms. The van der Waals surface area contributed by atoms with Gasteiger partial charge in [0.05, 0.1) is 47.3 Å². The van der Waals surface area contributed by atoms with Crippen molar-refractivity contribution in [2.24, 2.45) is 0 Å². The highest BCUT2D eigenvalue weighted by atomic mass is 35.5. The number of aliphatic hydroxyl groups excluding tert-OH is 2. The quantitative estimate of drug-likeness (QED) is 0.213. The molecule has 0 bridgehead atoms. The van der Waals surface area contributed by atoms with E-state index in [4.69, 9.17) is 44.1 Å². The van der Waals surface area contributed by atoms with E-state index in [1.54, 1.807) is 24.3 Å². The molecule has 244 valence electrons. The van der Waals surface area contributed by atoms with Crippen molar-refractivity contribution >= 4 is 31.1 Å². The van der Waals surface area contributed by atoms with Crippen molar-refractivity contribution in [2.45, 2.75) is 31.5 Å². The first kappa shape index (κ1) is 34.3. The number of aliphatic hydroxyl groups is 2. The Kier molecular flexibility index (Phi) is 11.9. The van der Waals surface area contributed by atoms with Crippen molar-refractivity contribution in [3.05, 3.63) is 75.3 Å². The van der Waals surface area contributed by atoms with Crippen molar-refractivity contribution in [1.29, 1.82) is 0 Å². The minimum atomic E-state index is -4.08. The van der Waals surface area contributed by atoms with Crippen LogP contribution in [0.15, 0.2) is 53.5 Å². The molecule has 1 aliphatic rings. The third kappa shape index (κ3) is 8.81. The van der Waals surface area contributed by atoms with Gasteiger partial charge in [-0.15, -0.1) is 0 Å². The molecule has 4 atom stereocenters. The van der Waals surface area contributed by atoms with Gasteiger partial charge in [-0.3, -0.25) is 22.9 Å². The Morgan fingerprint density at radius 1 is 1.18 bits per heavy atom. The molecule has 1 unspecified atom stereocenters. The lowest BCUT2D eigenvalue weighted by molar-refractivity contribution is -0.104. The van der Waals surface area contributed by atoms with Gasteiger partial charge in [-0.1, -0.05) is 23.7 Å². The number of phosphoric acid groups is 1. The molecule has 0 radical (unpaired) electrons. The van der Waals surface area contributed by atoms with Gasteiger partial charge < -0.3 is 34.5 Å². The summed E-state index contributed by atoms with van der Waals surface area (Å²) in [6.07, 6.45) is -1.62. The predicted octanol–water partition coefficient (Wildman–Crippen LogP) is 3.17. The second kappa shape index (κ2) is 15.7. The number of phosphoric ester groups is 1. The van der Waals surface area contributed by atoms with E-state index in [-0.39, 0.29) is 29.5 Å². The van der Waals surface area contributed by atoms with Crippen LogP contribution >= 0.6 is 19.4 Å². The number of ether oxygens (including phenoxy) is 4. The average molecular weight is 670 g/mol. The zero-order chi connectivity index (χ0) is 32.6. The van der Waals surface area contributed by atoms with Gasteiger partial charge in [0.1, 0.15) is 24.8 Å². The minimum Gasteiger partial charge on any atom is -0.493 e. The number of methoxy groups -OCH3 is 3. The third-order valence-electron chi connectivity index (χ3n) is 6.59. The summed E-state index contributed by atoms with van der Waals surface area (Å²) in [6.45, 7) is -1.59. The van der Waals surface area contributed by atoms with Gasteiger partial charge in [0.25, 0.3) is 5.91 Å². The smallest absolute Gasteiger partial charge is 0.475 e. The second-order valence-electron chi connectivity index (χ2n) is 9.53. The van der Waals surface area contributed by atoms with Crippen molar-refractivity contribution < 1.29 is 52.1 Å². The molecule has 0 aliphatic carbocycles. The van der Waals surface area contributed by atoms with Crippen LogP contribution in [0.2, 0.25) is 5.02 Å². The maximum Gasteiger partial charge on any atom is 0.475 e. The summed E-state index contributed by atoms with van der Waals surface area (Å²) in [7, 11) is 0.174. The highest BCUT2D eigenvalue weighted by molar-refractivity contribution is 7.48. The van der Waals surface area contributed by atoms with Gasteiger partial charge in [-0.2, -0.15) is 4.98 Å². The summed E-state index contributed by atoms with van der Waals surface area (Å²) in [5, 5.41) is 22.8. The summed E-state index contributed by atoms with van der Waals surface area (Å²) >= 11 is 6.06. The summed E-state index contributed by atoms with van der Waals surface area (Å²) in [4.78, 5) is 29.4. The van der Waals surface area contributed by atoms with Crippen LogP contribution in [0.5, 0.6) is 17.2 Å². The van der Waals surface area contributed by atoms with Gasteiger partial charge >= 0.3 is 13.5 Å². The van der Waals surface area contributed by atoms with Crippen LogP contribution < -0.4 is 25.2 Å². The van der Waals surface area contributed by atoms with Crippen LogP contribution in [-0.4, -0.2) is 79.0 Å². The first-order chi connectivity index (χ1) is 21.6. The van der Waals surface area contributed by atoms with E-state index < -0.39 is 57.7 Å². The minimum absolute atomic E-state index is 0.0516. The van der Waals surface area contributed by atoms with E-state index in [1.165, 1.54) is 45.7 Å². The highest BCUT2D eigenvalue weighted by Gasteiger charge is 2.37. The summed E-state index contributed by atoms with van der Waals surface area (Å²) in [5.41, 5.74) is 0.0446. The number of halogens is 1. The van der Waals surface area contributed by atoms with Crippen molar-refractivity contribution in [1.82, 2.24) is 9.55 Å². The number of amides is 1. The van der Waals surface area contributed by atoms with Crippen LogP contribution in [-0.2, 0) is 29.6 Å². The predicted molar refractivity (Wildman–Crippen MR) is 160 cm³/mol. The molecule has 2 aromatic carbocycles. The monoisotopic (exact) mass is 669 g/mol. The molecule has 1 aromatic heterocycles. The van der Waals surface area contributed by atoms with Crippen LogP contribution in [0, 0.1) is 0 Å². The number of nitrogens with one attached hydrogen (secondary N) is 1. The number of anilines is 1. The Labute approximate surface area is 263 Å². The summed E-state index contributed by atoms with van der Waals surface area (Å²) < 4.78 is 51.9. The first-order valence-corrected chi connectivity index (χ1v) is 15.4. The number of rotatable bonds is 14. The lowest BCUT2D eigenvalue weighted by Gasteiger charge is -2.30. The number of carbonyl (C=O) groups is 1. The number of benzene rings is 2. The maximum absolute atomic E-state index is 13.2. The topological polar surface area (TPSA) is 186 Å². The van der Waals surface area contributed by atoms with E-state index in [0.717, 1.165) is 4.57 Å². The lowest BCUT2D eigenvalue weighted by Crippen LogP contribution is -2.38. The third-order valence-corrected chi connectivity index (χ3v) is 8.30. The van der Waals surface area contributed by atoms with E-state index in [0.29, 0.717) is 22.8 Å². The van der Waals surface area contributed by atoms with E-state index in [9.17, 15) is 24.4 Å². The number of aromatic nitrogens is 2. The fourth-order valence-corrected chi connectivity index (χ4v) is 5.83. The number of nitrogens with zero attached hydrogens (tertiary/aromatic N) is 2. The molecule has 4 rings (SSSR count). The SMILES string of the molecule is COc1cc(C(=O)Nc2ccn(CO[C@H](COP3(=O)OCC[C@@H](c4cccc(Cl)c4)O3)[C@@H](O)CO)c(=O)n2)cc(OC)c1OC. The Morgan fingerprint density at radius 2 is 1.91 bits per heavy atom. The summed E-state index contributed by atoms with van der Waals surface area (Å²) in [6, 6.07) is 11.1. The van der Waals surface area contributed by atoms with Crippen LogP contribution in [0.25, 0.3) is 0 Å². The number of hydrogen-bond donors (Lipinski definition) is 3. The molecule has 3 aromatic rings. The van der Waals surface area contributed by atoms with Gasteiger partial charge in [0, 0.05) is 23.2 Å². The van der Waals surface area contributed by atoms with Gasteiger partial charge in [-0.25, -0.2) is 9.36 Å². The number of carbonyl (C=O) groups excluding carboxylic acids is 1. The Bertz CT molecular complexity index is 1560. The molecule has 2 heterocycles. The summed E-state index contributed by atoms with van der Waals surface area (Å²) in [5.74, 6) is 0.180. The Hall–Kier alpha value is -3.53. The standard InChI is InChI=1S/C28H33ClN3O12P/c1-38-22-12-18(13-23(39-2)26(22)40-3)27(35)30-25-7-9-32(28(36)31-25)16-41-24(20(34)14-33)15-43-45(37)42-10-8-21(44-45)17-5-4-6-19(29)11-17/h4-7,9,11-13,20-21,24,33-34H,8,10,14-16H2,1-3H3,(H,30,31,35,36)/t20-,21-,24+,45?/m0/s1. The highest BCUT2D eigenvalue weighted by Crippen LogP contribution is 2.57. The molecule has 1 amide bonds. The van der Waals surface area contributed by atoms with Crippen LogP contribution in [0.3, 0.4) is 0 Å². The van der Waals surface area contributed by atoms with E-state index >= 15 is 0 Å². The molecule has 15 nitrogen and oxygen atoms in total. The Balaban J connectivity index is 1.38. The molecule has 0 saturated carbocycles. The van der Waals surface area contributed by atoms with Crippen molar-refractivity contribution in [3.63, 3.8) is 0 Å². The zero-order valence-electron chi connectivity index (χ0n) is 24.6. The molecule has 1 fully saturated rings. The van der Waals surface area contributed by atoms with Crippen molar-refractivity contribution in [2.75, 3.05) is 46.5 Å². The van der Waals surface area contributed by atoms with Crippen LogP contribution in [0.1, 0.15) is 28.4 Å². The Morgan fingerprint density at radius 3 is 2.53 bits per heavy atom. The average Bonchev–Trinajstić information content (AvgIpc) is 3.04. The fourth-order valence-electron chi connectivity index (χ4n) is 4.24. The van der Waals surface area contributed by atoms with Crippen molar-refractivity contribution in [3.8, 4) is 17.2 Å². The molecule has 1 saturated heterocycles. The zero-order valence-corrected chi connectivity index (χ0v) is 26.2. The molecular weight excluding hydrogens is 637 g/mol. The van der Waals surface area contributed by atoms with Gasteiger partial charge in [-0.05, 0) is 35.9 Å². The first-order valence-electron chi connectivity index (χ1n) is 13.5. The molecular formula is C28H33ClN3O12P.